The Morgan fingerprint density at radius 1 is 1.45 bits per heavy atom. The van der Waals surface area contributed by atoms with Crippen molar-refractivity contribution in [3.63, 3.8) is 0 Å². The second-order valence-corrected chi connectivity index (χ2v) is 6.56. The SMILES string of the molecule is CC(C)(C)OC(=O)N1CCC(N)C1c1cccc(Cl)c1. The van der Waals surface area contributed by atoms with Gasteiger partial charge in [-0.1, -0.05) is 23.7 Å². The van der Waals surface area contributed by atoms with Gasteiger partial charge in [0.1, 0.15) is 5.60 Å². The fourth-order valence-electron chi connectivity index (χ4n) is 2.46. The lowest BCUT2D eigenvalue weighted by molar-refractivity contribution is 0.0218. The summed E-state index contributed by atoms with van der Waals surface area (Å²) in [6, 6.07) is 7.21. The second-order valence-electron chi connectivity index (χ2n) is 6.13. The van der Waals surface area contributed by atoms with E-state index in [1.165, 1.54) is 0 Å². The molecule has 1 aromatic carbocycles. The van der Waals surface area contributed by atoms with Crippen LogP contribution >= 0.6 is 11.6 Å². The minimum absolute atomic E-state index is 0.0963. The van der Waals surface area contributed by atoms with Gasteiger partial charge >= 0.3 is 6.09 Å². The van der Waals surface area contributed by atoms with Crippen LogP contribution in [-0.2, 0) is 4.74 Å². The number of carbonyl (C=O) groups is 1. The Hall–Kier alpha value is -1.26. The van der Waals surface area contributed by atoms with Crippen LogP contribution in [-0.4, -0.2) is 29.2 Å². The molecule has 2 N–H and O–H groups in total. The highest BCUT2D eigenvalue weighted by molar-refractivity contribution is 6.30. The monoisotopic (exact) mass is 296 g/mol. The Kier molecular flexibility index (Phi) is 4.25. The topological polar surface area (TPSA) is 55.6 Å². The number of nitrogens with two attached hydrogens (primary N) is 1. The van der Waals surface area contributed by atoms with E-state index in [0.717, 1.165) is 12.0 Å². The summed E-state index contributed by atoms with van der Waals surface area (Å²) in [6.07, 6.45) is 0.437. The van der Waals surface area contributed by atoms with E-state index in [1.807, 2.05) is 45.0 Å². The predicted molar refractivity (Wildman–Crippen MR) is 79.7 cm³/mol. The largest absolute Gasteiger partial charge is 0.444 e. The maximum absolute atomic E-state index is 12.3. The number of amides is 1. The second kappa shape index (κ2) is 5.62. The molecule has 0 spiro atoms. The highest BCUT2D eigenvalue weighted by atomic mass is 35.5. The molecule has 1 fully saturated rings. The van der Waals surface area contributed by atoms with Gasteiger partial charge in [0, 0.05) is 17.6 Å². The van der Waals surface area contributed by atoms with Crippen LogP contribution in [0.4, 0.5) is 4.79 Å². The molecule has 2 rings (SSSR count). The molecule has 0 radical (unpaired) electrons. The van der Waals surface area contributed by atoms with Gasteiger partial charge in [0.05, 0.1) is 6.04 Å². The molecule has 0 aromatic heterocycles. The third kappa shape index (κ3) is 3.44. The summed E-state index contributed by atoms with van der Waals surface area (Å²) in [4.78, 5) is 14.0. The summed E-state index contributed by atoms with van der Waals surface area (Å²) in [5.74, 6) is 0. The lowest BCUT2D eigenvalue weighted by atomic mass is 10.0. The molecule has 1 aliphatic rings. The van der Waals surface area contributed by atoms with Crippen LogP contribution in [0.1, 0.15) is 38.8 Å². The molecular formula is C15H21ClN2O2. The Morgan fingerprint density at radius 2 is 2.15 bits per heavy atom. The molecule has 4 nitrogen and oxygen atoms in total. The highest BCUT2D eigenvalue weighted by Gasteiger charge is 2.38. The molecule has 2 unspecified atom stereocenters. The van der Waals surface area contributed by atoms with Crippen LogP contribution in [0, 0.1) is 0 Å². The number of nitrogens with zero attached hydrogens (tertiary/aromatic N) is 1. The molecule has 1 heterocycles. The Labute approximate surface area is 124 Å². The molecule has 20 heavy (non-hydrogen) atoms. The summed E-state index contributed by atoms with van der Waals surface area (Å²) in [5, 5.41) is 0.644. The average molecular weight is 297 g/mol. The summed E-state index contributed by atoms with van der Waals surface area (Å²) in [7, 11) is 0. The number of likely N-dealkylation sites (tertiary alicyclic amines) is 1. The van der Waals surface area contributed by atoms with Crippen molar-refractivity contribution in [3.8, 4) is 0 Å². The summed E-state index contributed by atoms with van der Waals surface area (Å²) in [6.45, 7) is 6.17. The van der Waals surface area contributed by atoms with Gasteiger partial charge in [0.25, 0.3) is 0 Å². The normalized spacial score (nSPS) is 22.9. The van der Waals surface area contributed by atoms with E-state index < -0.39 is 5.60 Å². The van der Waals surface area contributed by atoms with Crippen LogP contribution in [0.3, 0.4) is 0 Å². The third-order valence-corrected chi connectivity index (χ3v) is 3.50. The number of hydrogen-bond acceptors (Lipinski definition) is 3. The zero-order valence-corrected chi connectivity index (χ0v) is 12.9. The molecule has 0 bridgehead atoms. The minimum atomic E-state index is -0.511. The molecular weight excluding hydrogens is 276 g/mol. The minimum Gasteiger partial charge on any atom is -0.444 e. The summed E-state index contributed by atoms with van der Waals surface area (Å²) >= 11 is 6.03. The number of hydrogen-bond donors (Lipinski definition) is 1. The van der Waals surface area contributed by atoms with Gasteiger partial charge < -0.3 is 10.5 Å². The predicted octanol–water partition coefficient (Wildman–Crippen LogP) is 3.35. The highest BCUT2D eigenvalue weighted by Crippen LogP contribution is 2.33. The Morgan fingerprint density at radius 3 is 2.75 bits per heavy atom. The maximum Gasteiger partial charge on any atom is 0.410 e. The fourth-order valence-corrected chi connectivity index (χ4v) is 2.66. The quantitative estimate of drug-likeness (QED) is 0.864. The first kappa shape index (κ1) is 15.1. The number of halogens is 1. The van der Waals surface area contributed by atoms with Gasteiger partial charge in [-0.15, -0.1) is 0 Å². The van der Waals surface area contributed by atoms with E-state index in [-0.39, 0.29) is 18.2 Å². The molecule has 0 saturated carbocycles. The van der Waals surface area contributed by atoms with Gasteiger partial charge in [-0.2, -0.15) is 0 Å². The first-order chi connectivity index (χ1) is 9.28. The maximum atomic E-state index is 12.3. The molecule has 2 atom stereocenters. The van der Waals surface area contributed by atoms with Crippen molar-refractivity contribution in [1.29, 1.82) is 0 Å². The van der Waals surface area contributed by atoms with E-state index >= 15 is 0 Å². The van der Waals surface area contributed by atoms with Crippen molar-refractivity contribution >= 4 is 17.7 Å². The molecule has 0 aliphatic carbocycles. The van der Waals surface area contributed by atoms with Crippen molar-refractivity contribution in [2.45, 2.75) is 44.9 Å². The summed E-state index contributed by atoms with van der Waals surface area (Å²) in [5.41, 5.74) is 6.60. The van der Waals surface area contributed by atoms with Crippen molar-refractivity contribution in [1.82, 2.24) is 4.90 Å². The summed E-state index contributed by atoms with van der Waals surface area (Å²) < 4.78 is 5.45. The smallest absolute Gasteiger partial charge is 0.410 e. The van der Waals surface area contributed by atoms with Gasteiger partial charge in [-0.05, 0) is 44.9 Å². The van der Waals surface area contributed by atoms with Crippen molar-refractivity contribution in [2.75, 3.05) is 6.54 Å². The molecule has 110 valence electrons. The van der Waals surface area contributed by atoms with Crippen molar-refractivity contribution < 1.29 is 9.53 Å². The molecule has 1 amide bonds. The zero-order chi connectivity index (χ0) is 14.9. The lowest BCUT2D eigenvalue weighted by Gasteiger charge is -2.30. The average Bonchev–Trinajstić information content (AvgIpc) is 2.69. The van der Waals surface area contributed by atoms with E-state index in [2.05, 4.69) is 0 Å². The van der Waals surface area contributed by atoms with Crippen LogP contribution in [0.25, 0.3) is 0 Å². The Bertz CT molecular complexity index is 499. The first-order valence-electron chi connectivity index (χ1n) is 6.78. The van der Waals surface area contributed by atoms with Gasteiger partial charge in [-0.3, -0.25) is 4.90 Å². The number of rotatable bonds is 1. The van der Waals surface area contributed by atoms with Crippen LogP contribution < -0.4 is 5.73 Å². The molecule has 1 saturated heterocycles. The van der Waals surface area contributed by atoms with Gasteiger partial charge in [-0.25, -0.2) is 4.79 Å². The third-order valence-electron chi connectivity index (χ3n) is 3.26. The lowest BCUT2D eigenvalue weighted by Crippen LogP contribution is -2.39. The standard InChI is InChI=1S/C15H21ClN2O2/c1-15(2,3)20-14(19)18-8-7-12(17)13(18)10-5-4-6-11(16)9-10/h4-6,9,12-13H,7-8,17H2,1-3H3. The number of carbonyl (C=O) groups excluding carboxylic acids is 1. The van der Waals surface area contributed by atoms with Crippen LogP contribution in [0.15, 0.2) is 24.3 Å². The van der Waals surface area contributed by atoms with Gasteiger partial charge in [0.15, 0.2) is 0 Å². The number of benzene rings is 1. The van der Waals surface area contributed by atoms with Crippen molar-refractivity contribution in [2.24, 2.45) is 5.73 Å². The fraction of sp³-hybridized carbons (Fsp3) is 0.533. The van der Waals surface area contributed by atoms with Gasteiger partial charge in [0.2, 0.25) is 0 Å². The zero-order valence-electron chi connectivity index (χ0n) is 12.1. The van der Waals surface area contributed by atoms with Crippen LogP contribution in [0.2, 0.25) is 5.02 Å². The van der Waals surface area contributed by atoms with E-state index in [9.17, 15) is 4.79 Å². The van der Waals surface area contributed by atoms with E-state index in [0.29, 0.717) is 11.6 Å². The van der Waals surface area contributed by atoms with Crippen molar-refractivity contribution in [3.05, 3.63) is 34.9 Å². The number of ether oxygens (including phenoxy) is 1. The van der Waals surface area contributed by atoms with E-state index in [4.69, 9.17) is 22.1 Å². The Balaban J connectivity index is 2.23. The molecule has 5 heteroatoms. The molecule has 1 aromatic rings. The molecule has 1 aliphatic heterocycles. The van der Waals surface area contributed by atoms with E-state index in [1.54, 1.807) is 4.90 Å². The first-order valence-corrected chi connectivity index (χ1v) is 7.16. The van der Waals surface area contributed by atoms with Crippen LogP contribution in [0.5, 0.6) is 0 Å².